The van der Waals surface area contributed by atoms with E-state index in [-0.39, 0.29) is 0 Å². The van der Waals surface area contributed by atoms with Crippen molar-refractivity contribution in [1.82, 2.24) is 19.6 Å². The fraction of sp³-hybridized carbons (Fsp3) is 0.583. The van der Waals surface area contributed by atoms with E-state index in [1.165, 1.54) is 12.8 Å². The summed E-state index contributed by atoms with van der Waals surface area (Å²) in [6, 6.07) is 2.03. The molecule has 0 N–H and O–H groups in total. The van der Waals surface area contributed by atoms with Crippen molar-refractivity contribution < 1.29 is 0 Å². The number of piperidine rings is 1. The van der Waals surface area contributed by atoms with E-state index in [0.717, 1.165) is 24.8 Å². The summed E-state index contributed by atoms with van der Waals surface area (Å²) < 4.78 is 1.84. The first-order valence-electron chi connectivity index (χ1n) is 6.16. The van der Waals surface area contributed by atoms with Crippen LogP contribution in [0.3, 0.4) is 0 Å². The van der Waals surface area contributed by atoms with Gasteiger partial charge in [0.2, 0.25) is 0 Å². The molecular weight excluding hydrogens is 214 g/mol. The molecule has 0 aromatic carbocycles. The van der Waals surface area contributed by atoms with Gasteiger partial charge in [0, 0.05) is 19.3 Å². The Labute approximate surface area is 99.5 Å². The monoisotopic (exact) mass is 229 g/mol. The molecule has 2 unspecified atom stereocenters. The molecule has 2 aliphatic rings. The predicted octanol–water partition coefficient (Wildman–Crippen LogP) is 1.36. The third kappa shape index (κ3) is 1.28. The molecule has 3 heterocycles. The van der Waals surface area contributed by atoms with Crippen LogP contribution in [0.1, 0.15) is 19.8 Å². The number of hydrogen-bond acceptors (Lipinski definition) is 4. The number of anilines is 1. The van der Waals surface area contributed by atoms with Gasteiger partial charge in [0.1, 0.15) is 12.1 Å². The minimum Gasteiger partial charge on any atom is -0.356 e. The molecule has 0 spiro atoms. The van der Waals surface area contributed by atoms with Crippen LogP contribution in [0, 0.1) is 11.3 Å². The molecule has 0 radical (unpaired) electrons. The molecule has 1 saturated carbocycles. The largest absolute Gasteiger partial charge is 0.356 e. The van der Waals surface area contributed by atoms with E-state index in [4.69, 9.17) is 0 Å². The lowest BCUT2D eigenvalue weighted by Gasteiger charge is -2.31. The van der Waals surface area contributed by atoms with Crippen molar-refractivity contribution in [2.45, 2.75) is 19.8 Å². The van der Waals surface area contributed by atoms with E-state index in [0.29, 0.717) is 11.2 Å². The van der Waals surface area contributed by atoms with Gasteiger partial charge >= 0.3 is 0 Å². The van der Waals surface area contributed by atoms with Crippen molar-refractivity contribution in [2.24, 2.45) is 11.3 Å². The van der Waals surface area contributed by atoms with E-state index in [2.05, 4.69) is 26.9 Å². The number of nitrogens with zero attached hydrogens (tertiary/aromatic N) is 5. The van der Waals surface area contributed by atoms with E-state index >= 15 is 0 Å². The lowest BCUT2D eigenvalue weighted by atomic mass is 9.98. The van der Waals surface area contributed by atoms with E-state index < -0.39 is 0 Å². The van der Waals surface area contributed by atoms with Gasteiger partial charge in [-0.25, -0.2) is 4.98 Å². The third-order valence-corrected chi connectivity index (χ3v) is 4.42. The van der Waals surface area contributed by atoms with E-state index in [1.807, 2.05) is 16.8 Å². The van der Waals surface area contributed by atoms with Crippen molar-refractivity contribution in [1.29, 1.82) is 0 Å². The van der Waals surface area contributed by atoms with Crippen molar-refractivity contribution in [3.8, 4) is 0 Å². The summed E-state index contributed by atoms with van der Waals surface area (Å²) in [5, 5.41) is 4.25. The average molecular weight is 229 g/mol. The highest BCUT2D eigenvalue weighted by Gasteiger charge is 2.52. The summed E-state index contributed by atoms with van der Waals surface area (Å²) in [4.78, 5) is 10.8. The predicted molar refractivity (Wildman–Crippen MR) is 63.8 cm³/mol. The summed E-state index contributed by atoms with van der Waals surface area (Å²) in [5.41, 5.74) is 0.630. The number of hydrogen-bond donors (Lipinski definition) is 0. The molecule has 5 nitrogen and oxygen atoms in total. The molecule has 88 valence electrons. The maximum absolute atomic E-state index is 4.25. The van der Waals surface area contributed by atoms with Crippen molar-refractivity contribution >= 4 is 11.6 Å². The SMILES string of the molecule is CC12CCN(c3ccnc4ncnn34)CC1C2. The molecule has 2 atom stereocenters. The van der Waals surface area contributed by atoms with Crippen LogP contribution in [0.25, 0.3) is 5.78 Å². The van der Waals surface area contributed by atoms with Gasteiger partial charge in [-0.1, -0.05) is 6.92 Å². The molecule has 5 heteroatoms. The van der Waals surface area contributed by atoms with Crippen LogP contribution >= 0.6 is 0 Å². The van der Waals surface area contributed by atoms with E-state index in [1.54, 1.807) is 6.33 Å². The Kier molecular flexibility index (Phi) is 1.64. The van der Waals surface area contributed by atoms with Crippen LogP contribution in [0.4, 0.5) is 5.82 Å². The maximum atomic E-state index is 4.25. The van der Waals surface area contributed by atoms with Gasteiger partial charge < -0.3 is 4.90 Å². The molecule has 2 aromatic rings. The number of rotatable bonds is 1. The molecule has 1 aliphatic heterocycles. The molecule has 0 bridgehead atoms. The highest BCUT2D eigenvalue weighted by molar-refractivity contribution is 5.46. The normalized spacial score (nSPS) is 31.6. The average Bonchev–Trinajstić information content (AvgIpc) is 2.79. The minimum atomic E-state index is 0.630. The highest BCUT2D eigenvalue weighted by atomic mass is 15.4. The Balaban J connectivity index is 1.72. The van der Waals surface area contributed by atoms with Crippen LogP contribution in [0.15, 0.2) is 18.6 Å². The maximum Gasteiger partial charge on any atom is 0.254 e. The molecule has 2 fully saturated rings. The molecule has 17 heavy (non-hydrogen) atoms. The Bertz CT molecular complexity index is 577. The van der Waals surface area contributed by atoms with Gasteiger partial charge in [0.05, 0.1) is 0 Å². The van der Waals surface area contributed by atoms with Crippen molar-refractivity contribution in [3.05, 3.63) is 18.6 Å². The summed E-state index contributed by atoms with van der Waals surface area (Å²) in [7, 11) is 0. The molecule has 1 aliphatic carbocycles. The first-order chi connectivity index (χ1) is 8.26. The van der Waals surface area contributed by atoms with Gasteiger partial charge in [-0.3, -0.25) is 0 Å². The quantitative estimate of drug-likeness (QED) is 0.740. The smallest absolute Gasteiger partial charge is 0.254 e. The lowest BCUT2D eigenvalue weighted by Crippen LogP contribution is -2.35. The molecular formula is C12H15N5. The van der Waals surface area contributed by atoms with Crippen LogP contribution in [0.2, 0.25) is 0 Å². The summed E-state index contributed by atoms with van der Waals surface area (Å²) in [6.45, 7) is 4.67. The Hall–Kier alpha value is -1.65. The number of fused-ring (bicyclic) bond motifs is 2. The zero-order chi connectivity index (χ0) is 11.5. The first-order valence-corrected chi connectivity index (χ1v) is 6.16. The fourth-order valence-corrected chi connectivity index (χ4v) is 3.02. The molecule has 2 aromatic heterocycles. The second-order valence-corrected chi connectivity index (χ2v) is 5.53. The van der Waals surface area contributed by atoms with Crippen LogP contribution in [-0.4, -0.2) is 32.7 Å². The van der Waals surface area contributed by atoms with Gasteiger partial charge in [0.15, 0.2) is 0 Å². The van der Waals surface area contributed by atoms with Crippen molar-refractivity contribution in [3.63, 3.8) is 0 Å². The van der Waals surface area contributed by atoms with Gasteiger partial charge in [-0.15, -0.1) is 0 Å². The molecule has 4 rings (SSSR count). The Morgan fingerprint density at radius 2 is 2.35 bits per heavy atom. The summed E-state index contributed by atoms with van der Waals surface area (Å²) in [6.07, 6.45) is 6.06. The number of aromatic nitrogens is 4. The Morgan fingerprint density at radius 3 is 3.24 bits per heavy atom. The van der Waals surface area contributed by atoms with Gasteiger partial charge in [-0.05, 0) is 30.2 Å². The lowest BCUT2D eigenvalue weighted by molar-refractivity contribution is 0.411. The second-order valence-electron chi connectivity index (χ2n) is 5.53. The minimum absolute atomic E-state index is 0.630. The standard InChI is InChI=1S/C12H15N5/c1-12-3-5-16(7-9(12)6-12)10-2-4-13-11-14-8-15-17(10)11/h2,4,8-9H,3,5-7H2,1H3. The van der Waals surface area contributed by atoms with Crippen molar-refractivity contribution in [2.75, 3.05) is 18.0 Å². The topological polar surface area (TPSA) is 46.3 Å². The van der Waals surface area contributed by atoms with Crippen LogP contribution in [0.5, 0.6) is 0 Å². The zero-order valence-electron chi connectivity index (χ0n) is 9.87. The van der Waals surface area contributed by atoms with E-state index in [9.17, 15) is 0 Å². The third-order valence-electron chi connectivity index (χ3n) is 4.42. The molecule has 1 saturated heterocycles. The first kappa shape index (κ1) is 9.39. The van der Waals surface area contributed by atoms with Crippen LogP contribution in [-0.2, 0) is 0 Å². The highest BCUT2D eigenvalue weighted by Crippen LogP contribution is 2.57. The summed E-state index contributed by atoms with van der Waals surface area (Å²) >= 11 is 0. The van der Waals surface area contributed by atoms with Gasteiger partial charge in [-0.2, -0.15) is 14.6 Å². The second kappa shape index (κ2) is 2.97. The van der Waals surface area contributed by atoms with Crippen LogP contribution < -0.4 is 4.90 Å². The van der Waals surface area contributed by atoms with Gasteiger partial charge in [0.25, 0.3) is 5.78 Å². The summed E-state index contributed by atoms with van der Waals surface area (Å²) in [5.74, 6) is 2.68. The molecule has 0 amide bonds. The fourth-order valence-electron chi connectivity index (χ4n) is 3.02. The zero-order valence-corrected chi connectivity index (χ0v) is 9.87. The Morgan fingerprint density at radius 1 is 1.41 bits per heavy atom.